The minimum absolute atomic E-state index is 0.281. The van der Waals surface area contributed by atoms with E-state index in [9.17, 15) is 5.11 Å². The predicted molar refractivity (Wildman–Crippen MR) is 66.4 cm³/mol. The van der Waals surface area contributed by atoms with Gasteiger partial charge >= 0.3 is 0 Å². The van der Waals surface area contributed by atoms with E-state index in [1.807, 2.05) is 11.8 Å². The maximum atomic E-state index is 10.2. The van der Waals surface area contributed by atoms with Gasteiger partial charge in [-0.2, -0.15) is 11.8 Å². The summed E-state index contributed by atoms with van der Waals surface area (Å²) in [5.41, 5.74) is 3.65. The van der Waals surface area contributed by atoms with Crippen LogP contribution >= 0.6 is 11.8 Å². The second kappa shape index (κ2) is 4.58. The van der Waals surface area contributed by atoms with Crippen molar-refractivity contribution in [1.82, 2.24) is 0 Å². The minimum Gasteiger partial charge on any atom is -0.387 e. The van der Waals surface area contributed by atoms with Crippen LogP contribution in [0.3, 0.4) is 0 Å². The third kappa shape index (κ3) is 2.37. The van der Waals surface area contributed by atoms with Gasteiger partial charge in [-0.1, -0.05) is 18.2 Å². The highest BCUT2D eigenvalue weighted by Crippen LogP contribution is 2.36. The lowest BCUT2D eigenvalue weighted by atomic mass is 9.99. The molecule has 0 amide bonds. The fourth-order valence-corrected chi connectivity index (χ4v) is 3.32. The average molecular weight is 222 g/mol. The SMILES string of the molecule is Cc1ccc(C(O)C2CCCS2)cc1C. The van der Waals surface area contributed by atoms with E-state index in [-0.39, 0.29) is 6.10 Å². The van der Waals surface area contributed by atoms with Gasteiger partial charge in [0.25, 0.3) is 0 Å². The lowest BCUT2D eigenvalue weighted by Gasteiger charge is -2.18. The van der Waals surface area contributed by atoms with Crippen molar-refractivity contribution in [2.24, 2.45) is 0 Å². The maximum Gasteiger partial charge on any atom is 0.0908 e. The van der Waals surface area contributed by atoms with E-state index >= 15 is 0 Å². The van der Waals surface area contributed by atoms with E-state index in [1.54, 1.807) is 0 Å². The molecule has 1 heterocycles. The Labute approximate surface area is 95.9 Å². The normalized spacial score (nSPS) is 23.0. The Bertz CT molecular complexity index is 342. The summed E-state index contributed by atoms with van der Waals surface area (Å²) in [4.78, 5) is 0. The molecule has 1 N–H and O–H groups in total. The molecule has 1 aliphatic heterocycles. The van der Waals surface area contributed by atoms with Crippen LogP contribution in [0.15, 0.2) is 18.2 Å². The first-order chi connectivity index (χ1) is 7.18. The Morgan fingerprint density at radius 1 is 1.33 bits per heavy atom. The standard InChI is InChI=1S/C13H18OS/c1-9-5-6-11(8-10(9)2)13(14)12-4-3-7-15-12/h5-6,8,12-14H,3-4,7H2,1-2H3. The third-order valence-corrected chi connectivity index (χ3v) is 4.64. The van der Waals surface area contributed by atoms with Crippen LogP contribution in [0.5, 0.6) is 0 Å². The quantitative estimate of drug-likeness (QED) is 0.829. The zero-order valence-electron chi connectivity index (χ0n) is 9.36. The zero-order chi connectivity index (χ0) is 10.8. The van der Waals surface area contributed by atoms with Crippen molar-refractivity contribution >= 4 is 11.8 Å². The number of benzene rings is 1. The molecule has 1 nitrogen and oxygen atoms in total. The van der Waals surface area contributed by atoms with Gasteiger partial charge in [0.1, 0.15) is 0 Å². The summed E-state index contributed by atoms with van der Waals surface area (Å²) in [6.45, 7) is 4.21. The molecule has 2 rings (SSSR count). The molecule has 2 heteroatoms. The minimum atomic E-state index is -0.281. The van der Waals surface area contributed by atoms with E-state index in [4.69, 9.17) is 0 Å². The average Bonchev–Trinajstić information content (AvgIpc) is 2.74. The van der Waals surface area contributed by atoms with E-state index in [2.05, 4.69) is 32.0 Å². The molecular formula is C13H18OS. The fraction of sp³-hybridized carbons (Fsp3) is 0.538. The molecule has 1 fully saturated rings. The molecule has 0 aromatic heterocycles. The number of aliphatic hydroxyl groups is 1. The van der Waals surface area contributed by atoms with Crippen LogP contribution in [0.25, 0.3) is 0 Å². The number of thioether (sulfide) groups is 1. The van der Waals surface area contributed by atoms with Gasteiger partial charge in [-0.25, -0.2) is 0 Å². The van der Waals surface area contributed by atoms with E-state index in [1.165, 1.54) is 23.3 Å². The second-order valence-electron chi connectivity index (χ2n) is 4.34. The Hall–Kier alpha value is -0.470. The van der Waals surface area contributed by atoms with Crippen molar-refractivity contribution in [3.63, 3.8) is 0 Å². The molecule has 0 spiro atoms. The monoisotopic (exact) mass is 222 g/mol. The van der Waals surface area contributed by atoms with Crippen molar-refractivity contribution in [3.05, 3.63) is 34.9 Å². The highest BCUT2D eigenvalue weighted by Gasteiger charge is 2.25. The van der Waals surface area contributed by atoms with Crippen LogP contribution in [0.2, 0.25) is 0 Å². The summed E-state index contributed by atoms with van der Waals surface area (Å²) in [6, 6.07) is 6.29. The second-order valence-corrected chi connectivity index (χ2v) is 5.69. The van der Waals surface area contributed by atoms with Gasteiger partial charge in [-0.3, -0.25) is 0 Å². The van der Waals surface area contributed by atoms with Gasteiger partial charge in [-0.05, 0) is 49.1 Å². The number of hydrogen-bond acceptors (Lipinski definition) is 2. The van der Waals surface area contributed by atoms with Crippen molar-refractivity contribution in [2.45, 2.75) is 38.0 Å². The van der Waals surface area contributed by atoms with Gasteiger partial charge < -0.3 is 5.11 Å². The molecule has 82 valence electrons. The Morgan fingerprint density at radius 3 is 2.73 bits per heavy atom. The third-order valence-electron chi connectivity index (χ3n) is 3.19. The highest BCUT2D eigenvalue weighted by atomic mass is 32.2. The highest BCUT2D eigenvalue weighted by molar-refractivity contribution is 8.00. The number of aliphatic hydroxyl groups excluding tert-OH is 1. The largest absolute Gasteiger partial charge is 0.387 e. The number of aryl methyl sites for hydroxylation is 2. The number of rotatable bonds is 2. The molecule has 0 radical (unpaired) electrons. The first kappa shape index (κ1) is 11.0. The molecule has 0 saturated carbocycles. The summed E-state index contributed by atoms with van der Waals surface area (Å²) < 4.78 is 0. The van der Waals surface area contributed by atoms with Crippen molar-refractivity contribution in [2.75, 3.05) is 5.75 Å². The fourth-order valence-electron chi connectivity index (χ4n) is 2.01. The Kier molecular flexibility index (Phi) is 3.37. The summed E-state index contributed by atoms with van der Waals surface area (Å²) in [7, 11) is 0. The van der Waals surface area contributed by atoms with Gasteiger partial charge in [-0.15, -0.1) is 0 Å². The molecular weight excluding hydrogens is 204 g/mol. The van der Waals surface area contributed by atoms with E-state index < -0.39 is 0 Å². The Balaban J connectivity index is 2.17. The molecule has 0 bridgehead atoms. The smallest absolute Gasteiger partial charge is 0.0908 e. The van der Waals surface area contributed by atoms with Gasteiger partial charge in [0.15, 0.2) is 0 Å². The van der Waals surface area contributed by atoms with Crippen LogP contribution in [-0.4, -0.2) is 16.1 Å². The van der Waals surface area contributed by atoms with E-state index in [0.717, 1.165) is 12.0 Å². The van der Waals surface area contributed by atoms with Crippen LogP contribution < -0.4 is 0 Å². The lowest BCUT2D eigenvalue weighted by molar-refractivity contribution is 0.173. The lowest BCUT2D eigenvalue weighted by Crippen LogP contribution is -2.11. The van der Waals surface area contributed by atoms with Crippen molar-refractivity contribution in [3.8, 4) is 0 Å². The molecule has 1 saturated heterocycles. The summed E-state index contributed by atoms with van der Waals surface area (Å²) >= 11 is 1.91. The first-order valence-corrected chi connectivity index (χ1v) is 6.60. The van der Waals surface area contributed by atoms with Crippen molar-refractivity contribution in [1.29, 1.82) is 0 Å². The van der Waals surface area contributed by atoms with Gasteiger partial charge in [0, 0.05) is 5.25 Å². The zero-order valence-corrected chi connectivity index (χ0v) is 10.2. The summed E-state index contributed by atoms with van der Waals surface area (Å²) in [6.07, 6.45) is 2.12. The molecule has 15 heavy (non-hydrogen) atoms. The van der Waals surface area contributed by atoms with Crippen molar-refractivity contribution < 1.29 is 5.11 Å². The maximum absolute atomic E-state index is 10.2. The Morgan fingerprint density at radius 2 is 2.13 bits per heavy atom. The summed E-state index contributed by atoms with van der Waals surface area (Å²) in [5, 5.41) is 10.6. The van der Waals surface area contributed by atoms with Crippen LogP contribution in [-0.2, 0) is 0 Å². The predicted octanol–water partition coefficient (Wildman–Crippen LogP) is 3.23. The first-order valence-electron chi connectivity index (χ1n) is 5.55. The van der Waals surface area contributed by atoms with Crippen LogP contribution in [0, 0.1) is 13.8 Å². The topological polar surface area (TPSA) is 20.2 Å². The molecule has 1 aromatic rings. The molecule has 0 aliphatic carbocycles. The van der Waals surface area contributed by atoms with Gasteiger partial charge in [0.05, 0.1) is 6.10 Å². The van der Waals surface area contributed by atoms with Gasteiger partial charge in [0.2, 0.25) is 0 Å². The molecule has 2 atom stereocenters. The molecule has 2 unspecified atom stereocenters. The summed E-state index contributed by atoms with van der Waals surface area (Å²) in [5.74, 6) is 1.20. The molecule has 1 aromatic carbocycles. The van der Waals surface area contributed by atoms with Crippen LogP contribution in [0.4, 0.5) is 0 Å². The number of hydrogen-bond donors (Lipinski definition) is 1. The molecule has 1 aliphatic rings. The van der Waals surface area contributed by atoms with Crippen LogP contribution in [0.1, 0.15) is 35.6 Å². The van der Waals surface area contributed by atoms with E-state index in [0.29, 0.717) is 5.25 Å².